The first-order valence-corrected chi connectivity index (χ1v) is 7.20. The van der Waals surface area contributed by atoms with E-state index in [1.807, 2.05) is 30.3 Å². The number of benzene rings is 1. The molecule has 0 atom stereocenters. The maximum Gasteiger partial charge on any atom is 0.405 e. The first-order chi connectivity index (χ1) is 9.90. The van der Waals surface area contributed by atoms with Gasteiger partial charge in [-0.3, -0.25) is 0 Å². The van der Waals surface area contributed by atoms with E-state index in [2.05, 4.69) is 10.3 Å². The zero-order chi connectivity index (χ0) is 15.5. The van der Waals surface area contributed by atoms with Crippen molar-refractivity contribution in [2.75, 3.05) is 25.5 Å². The van der Waals surface area contributed by atoms with E-state index in [-0.39, 0.29) is 0 Å². The third-order valence-corrected chi connectivity index (χ3v) is 3.98. The third kappa shape index (κ3) is 4.18. The first kappa shape index (κ1) is 15.8. The molecule has 21 heavy (non-hydrogen) atoms. The van der Waals surface area contributed by atoms with Gasteiger partial charge in [-0.15, -0.1) is 0 Å². The average molecular weight is 315 g/mol. The summed E-state index contributed by atoms with van der Waals surface area (Å²) in [6, 6.07) is 9.47. The summed E-state index contributed by atoms with van der Waals surface area (Å²) < 4.78 is 37.5. The van der Waals surface area contributed by atoms with E-state index in [0.29, 0.717) is 11.7 Å². The summed E-state index contributed by atoms with van der Waals surface area (Å²) >= 11 is 1.28. The number of thiazole rings is 1. The van der Waals surface area contributed by atoms with Crippen molar-refractivity contribution in [2.24, 2.45) is 0 Å². The second-order valence-electron chi connectivity index (χ2n) is 4.64. The maximum atomic E-state index is 12.5. The van der Waals surface area contributed by atoms with Crippen molar-refractivity contribution in [2.45, 2.75) is 12.7 Å². The van der Waals surface area contributed by atoms with Gasteiger partial charge in [0, 0.05) is 24.0 Å². The number of alkyl halides is 3. The topological polar surface area (TPSA) is 28.2 Å². The van der Waals surface area contributed by atoms with Crippen LogP contribution in [0.5, 0.6) is 0 Å². The minimum Gasteiger partial charge on any atom is -0.342 e. The van der Waals surface area contributed by atoms with E-state index >= 15 is 0 Å². The monoisotopic (exact) mass is 315 g/mol. The van der Waals surface area contributed by atoms with Crippen LogP contribution in [0.4, 0.5) is 18.3 Å². The highest BCUT2D eigenvalue weighted by Gasteiger charge is 2.30. The summed E-state index contributed by atoms with van der Waals surface area (Å²) in [5.74, 6) is 0. The minimum absolute atomic E-state index is 0.372. The molecule has 0 bridgehead atoms. The molecular formula is C14H16F3N3S. The van der Waals surface area contributed by atoms with Gasteiger partial charge >= 0.3 is 6.18 Å². The summed E-state index contributed by atoms with van der Waals surface area (Å²) in [7, 11) is 3.21. The highest BCUT2D eigenvalue weighted by molar-refractivity contribution is 7.16. The lowest BCUT2D eigenvalue weighted by atomic mass is 10.1. The van der Waals surface area contributed by atoms with Crippen LogP contribution in [0, 0.1) is 0 Å². The van der Waals surface area contributed by atoms with E-state index in [4.69, 9.17) is 0 Å². The SMILES string of the molecule is CNCc1sc(N(C)CC(F)(F)F)nc1-c1ccccc1. The normalized spacial score (nSPS) is 11.7. The minimum atomic E-state index is -4.24. The van der Waals surface area contributed by atoms with Crippen LogP contribution >= 0.6 is 11.3 Å². The second kappa shape index (κ2) is 6.44. The van der Waals surface area contributed by atoms with Crippen LogP contribution in [0.25, 0.3) is 11.3 Å². The number of anilines is 1. The van der Waals surface area contributed by atoms with E-state index in [9.17, 15) is 13.2 Å². The van der Waals surface area contributed by atoms with Crippen molar-refractivity contribution < 1.29 is 13.2 Å². The van der Waals surface area contributed by atoms with Crippen molar-refractivity contribution in [3.63, 3.8) is 0 Å². The second-order valence-corrected chi connectivity index (χ2v) is 5.70. The fourth-order valence-corrected chi connectivity index (χ4v) is 3.00. The predicted octanol–water partition coefficient (Wildman–Crippen LogP) is 3.53. The molecule has 0 saturated heterocycles. The molecule has 0 spiro atoms. The molecule has 0 unspecified atom stereocenters. The lowest BCUT2D eigenvalue weighted by molar-refractivity contribution is -0.119. The number of hydrogen-bond donors (Lipinski definition) is 1. The van der Waals surface area contributed by atoms with Crippen LogP contribution in [0.1, 0.15) is 4.88 Å². The Kier molecular flexibility index (Phi) is 4.84. The zero-order valence-corrected chi connectivity index (χ0v) is 12.6. The van der Waals surface area contributed by atoms with E-state index < -0.39 is 12.7 Å². The van der Waals surface area contributed by atoms with Crippen LogP contribution < -0.4 is 10.2 Å². The number of hydrogen-bond acceptors (Lipinski definition) is 4. The highest BCUT2D eigenvalue weighted by Crippen LogP contribution is 2.33. The quantitative estimate of drug-likeness (QED) is 0.915. The van der Waals surface area contributed by atoms with Gasteiger partial charge in [0.1, 0.15) is 6.54 Å². The number of nitrogens with zero attached hydrogens (tertiary/aromatic N) is 2. The Morgan fingerprint density at radius 2 is 1.90 bits per heavy atom. The Balaban J connectivity index is 2.33. The lowest BCUT2D eigenvalue weighted by Gasteiger charge is -2.17. The third-order valence-electron chi connectivity index (χ3n) is 2.81. The van der Waals surface area contributed by atoms with Crippen LogP contribution in [-0.2, 0) is 6.54 Å². The molecule has 1 aromatic carbocycles. The molecule has 114 valence electrons. The summed E-state index contributed by atoms with van der Waals surface area (Å²) in [5.41, 5.74) is 1.64. The van der Waals surface area contributed by atoms with Crippen molar-refractivity contribution in [3.05, 3.63) is 35.2 Å². The van der Waals surface area contributed by atoms with Crippen molar-refractivity contribution in [1.82, 2.24) is 10.3 Å². The van der Waals surface area contributed by atoms with Gasteiger partial charge in [-0.1, -0.05) is 41.7 Å². The fourth-order valence-electron chi connectivity index (χ4n) is 1.94. The van der Waals surface area contributed by atoms with Gasteiger partial charge < -0.3 is 10.2 Å². The maximum absolute atomic E-state index is 12.5. The molecule has 0 fully saturated rings. The Morgan fingerprint density at radius 1 is 1.24 bits per heavy atom. The van der Waals surface area contributed by atoms with Gasteiger partial charge in [0.15, 0.2) is 5.13 Å². The highest BCUT2D eigenvalue weighted by atomic mass is 32.1. The molecule has 7 heteroatoms. The molecule has 3 nitrogen and oxygen atoms in total. The van der Waals surface area contributed by atoms with E-state index in [1.54, 1.807) is 7.05 Å². The molecule has 0 radical (unpaired) electrons. The van der Waals surface area contributed by atoms with Crippen LogP contribution in [0.3, 0.4) is 0 Å². The van der Waals surface area contributed by atoms with Gasteiger partial charge in [0.2, 0.25) is 0 Å². The van der Waals surface area contributed by atoms with Crippen molar-refractivity contribution in [1.29, 1.82) is 0 Å². The predicted molar refractivity (Wildman–Crippen MR) is 79.6 cm³/mol. The molecule has 1 heterocycles. The van der Waals surface area contributed by atoms with E-state index in [1.165, 1.54) is 18.4 Å². The van der Waals surface area contributed by atoms with Gasteiger partial charge in [-0.05, 0) is 7.05 Å². The van der Waals surface area contributed by atoms with Crippen molar-refractivity contribution in [3.8, 4) is 11.3 Å². The standard InChI is InChI=1S/C14H16F3N3S/c1-18-8-11-12(10-6-4-3-5-7-10)19-13(21-11)20(2)9-14(15,16)17/h3-7,18H,8-9H2,1-2H3. The number of rotatable bonds is 5. The molecular weight excluding hydrogens is 299 g/mol. The molecule has 0 aliphatic carbocycles. The van der Waals surface area contributed by atoms with Crippen molar-refractivity contribution >= 4 is 16.5 Å². The van der Waals surface area contributed by atoms with Crippen LogP contribution in [0.15, 0.2) is 30.3 Å². The summed E-state index contributed by atoms with van der Waals surface area (Å²) in [4.78, 5) is 6.45. The molecule has 1 N–H and O–H groups in total. The molecule has 0 aliphatic rings. The Morgan fingerprint density at radius 3 is 2.48 bits per heavy atom. The van der Waals surface area contributed by atoms with Crippen LogP contribution in [0.2, 0.25) is 0 Å². The molecule has 0 saturated carbocycles. The average Bonchev–Trinajstić information content (AvgIpc) is 2.82. The molecule has 0 amide bonds. The first-order valence-electron chi connectivity index (χ1n) is 6.38. The smallest absolute Gasteiger partial charge is 0.342 e. The van der Waals surface area contributed by atoms with Gasteiger partial charge in [0.05, 0.1) is 5.69 Å². The molecule has 1 aromatic heterocycles. The molecule has 0 aliphatic heterocycles. The Labute approximate surface area is 125 Å². The zero-order valence-electron chi connectivity index (χ0n) is 11.7. The molecule has 2 aromatic rings. The number of nitrogens with one attached hydrogen (secondary N) is 1. The lowest BCUT2D eigenvalue weighted by Crippen LogP contribution is -2.30. The largest absolute Gasteiger partial charge is 0.405 e. The Hall–Kier alpha value is -1.60. The number of halogens is 3. The fraction of sp³-hybridized carbons (Fsp3) is 0.357. The van der Waals surface area contributed by atoms with Gasteiger partial charge in [-0.25, -0.2) is 4.98 Å². The van der Waals surface area contributed by atoms with E-state index in [0.717, 1.165) is 21.0 Å². The molecule has 2 rings (SSSR count). The summed E-state index contributed by atoms with van der Waals surface area (Å²) in [6.45, 7) is -0.435. The van der Waals surface area contributed by atoms with Gasteiger partial charge in [-0.2, -0.15) is 13.2 Å². The van der Waals surface area contributed by atoms with Gasteiger partial charge in [0.25, 0.3) is 0 Å². The van der Waals surface area contributed by atoms with Crippen LogP contribution in [-0.4, -0.2) is 31.8 Å². The number of aromatic nitrogens is 1. The Bertz CT molecular complexity index is 581. The summed E-state index contributed by atoms with van der Waals surface area (Å²) in [6.07, 6.45) is -4.24. The summed E-state index contributed by atoms with van der Waals surface area (Å²) in [5, 5.41) is 3.40.